The first kappa shape index (κ1) is 19.5. The molecule has 0 saturated heterocycles. The maximum absolute atomic E-state index is 12.5. The number of nitrogens with one attached hydrogen (secondary N) is 1. The van der Waals surface area contributed by atoms with Gasteiger partial charge in [-0.3, -0.25) is 9.59 Å². The first-order valence-corrected chi connectivity index (χ1v) is 9.68. The lowest BCUT2D eigenvalue weighted by molar-refractivity contribution is -0.131. The van der Waals surface area contributed by atoms with Gasteiger partial charge in [-0.1, -0.05) is 50.8 Å². The normalized spacial score (nSPS) is 15.5. The molecule has 1 fully saturated rings. The third-order valence-corrected chi connectivity index (χ3v) is 5.25. The van der Waals surface area contributed by atoms with Crippen molar-refractivity contribution in [3.8, 4) is 0 Å². The Hall–Kier alpha value is -1.84. The van der Waals surface area contributed by atoms with Gasteiger partial charge in [-0.25, -0.2) is 0 Å². The van der Waals surface area contributed by atoms with Crippen LogP contribution < -0.4 is 5.32 Å². The summed E-state index contributed by atoms with van der Waals surface area (Å²) in [5.41, 5.74) is 3.17. The summed E-state index contributed by atoms with van der Waals surface area (Å²) in [6.07, 6.45) is 8.27. The van der Waals surface area contributed by atoms with Crippen LogP contribution in [0.5, 0.6) is 0 Å². The van der Waals surface area contributed by atoms with Gasteiger partial charge in [0.25, 0.3) is 0 Å². The Morgan fingerprint density at radius 1 is 1.16 bits per heavy atom. The highest BCUT2D eigenvalue weighted by molar-refractivity contribution is 5.92. The average molecular weight is 344 g/mol. The van der Waals surface area contributed by atoms with E-state index in [0.717, 1.165) is 36.1 Å². The number of para-hydroxylation sites is 1. The number of carbonyl (C=O) groups excluding carboxylic acids is 2. The van der Waals surface area contributed by atoms with Crippen molar-refractivity contribution < 1.29 is 9.59 Å². The summed E-state index contributed by atoms with van der Waals surface area (Å²) in [7, 11) is 0. The first-order chi connectivity index (χ1) is 12.0. The van der Waals surface area contributed by atoms with Gasteiger partial charge in [0.1, 0.15) is 0 Å². The summed E-state index contributed by atoms with van der Waals surface area (Å²) >= 11 is 0. The zero-order valence-corrected chi connectivity index (χ0v) is 15.9. The van der Waals surface area contributed by atoms with Gasteiger partial charge in [-0.05, 0) is 37.3 Å². The molecule has 25 heavy (non-hydrogen) atoms. The molecule has 1 aliphatic rings. The van der Waals surface area contributed by atoms with Crippen LogP contribution in [0.25, 0.3) is 0 Å². The van der Waals surface area contributed by atoms with E-state index in [4.69, 9.17) is 0 Å². The van der Waals surface area contributed by atoms with Crippen molar-refractivity contribution in [3.63, 3.8) is 0 Å². The minimum atomic E-state index is -0.0103. The van der Waals surface area contributed by atoms with E-state index in [2.05, 4.69) is 18.3 Å². The van der Waals surface area contributed by atoms with Crippen molar-refractivity contribution in [3.05, 3.63) is 29.3 Å². The third-order valence-electron chi connectivity index (χ3n) is 5.25. The van der Waals surface area contributed by atoms with Gasteiger partial charge < -0.3 is 10.2 Å². The molecule has 138 valence electrons. The van der Waals surface area contributed by atoms with Gasteiger partial charge in [-0.2, -0.15) is 0 Å². The van der Waals surface area contributed by atoms with Gasteiger partial charge >= 0.3 is 0 Å². The van der Waals surface area contributed by atoms with Gasteiger partial charge in [0.05, 0.1) is 0 Å². The summed E-state index contributed by atoms with van der Waals surface area (Å²) in [5, 5.41) is 3.06. The number of amides is 2. The monoisotopic (exact) mass is 344 g/mol. The summed E-state index contributed by atoms with van der Waals surface area (Å²) in [4.78, 5) is 26.5. The number of aryl methyl sites for hydroxylation is 2. The van der Waals surface area contributed by atoms with Crippen LogP contribution in [0.4, 0.5) is 5.69 Å². The van der Waals surface area contributed by atoms with Crippen LogP contribution in [-0.2, 0) is 16.0 Å². The van der Waals surface area contributed by atoms with Crippen LogP contribution >= 0.6 is 0 Å². The number of nitrogens with zero attached hydrogens (tertiary/aromatic N) is 1. The minimum Gasteiger partial charge on any atom is -0.339 e. The summed E-state index contributed by atoms with van der Waals surface area (Å²) < 4.78 is 0. The zero-order chi connectivity index (χ0) is 18.2. The molecule has 4 heteroatoms. The van der Waals surface area contributed by atoms with Gasteiger partial charge in [0.2, 0.25) is 11.8 Å². The van der Waals surface area contributed by atoms with E-state index >= 15 is 0 Å². The highest BCUT2D eigenvalue weighted by Crippen LogP contribution is 2.23. The topological polar surface area (TPSA) is 49.4 Å². The van der Waals surface area contributed by atoms with Gasteiger partial charge in [0.15, 0.2) is 0 Å². The van der Waals surface area contributed by atoms with E-state index in [1.165, 1.54) is 25.7 Å². The van der Waals surface area contributed by atoms with Crippen LogP contribution in [0.1, 0.15) is 69.9 Å². The fraction of sp³-hybridized carbons (Fsp3) is 0.619. The Morgan fingerprint density at radius 2 is 1.84 bits per heavy atom. The molecular weight excluding hydrogens is 312 g/mol. The number of benzene rings is 1. The van der Waals surface area contributed by atoms with Crippen molar-refractivity contribution in [2.24, 2.45) is 0 Å². The molecule has 4 nitrogen and oxygen atoms in total. The summed E-state index contributed by atoms with van der Waals surface area (Å²) in [5.74, 6) is 0.0775. The van der Waals surface area contributed by atoms with E-state index in [1.54, 1.807) is 6.92 Å². The van der Waals surface area contributed by atoms with Crippen molar-refractivity contribution >= 4 is 17.5 Å². The van der Waals surface area contributed by atoms with Crippen LogP contribution in [-0.4, -0.2) is 29.3 Å². The molecule has 0 atom stereocenters. The molecule has 0 aromatic heterocycles. The second kappa shape index (κ2) is 9.59. The zero-order valence-electron chi connectivity index (χ0n) is 15.9. The molecule has 1 aromatic rings. The quantitative estimate of drug-likeness (QED) is 0.775. The molecular formula is C21H32N2O2. The van der Waals surface area contributed by atoms with E-state index in [0.29, 0.717) is 19.0 Å². The molecule has 0 spiro atoms. The Bertz CT molecular complexity index is 590. The predicted molar refractivity (Wildman–Crippen MR) is 103 cm³/mol. The van der Waals surface area contributed by atoms with E-state index in [-0.39, 0.29) is 11.8 Å². The molecule has 0 unspecified atom stereocenters. The molecule has 0 radical (unpaired) electrons. The smallest absolute Gasteiger partial charge is 0.226 e. The fourth-order valence-electron chi connectivity index (χ4n) is 3.79. The molecule has 0 heterocycles. The molecule has 2 amide bonds. The van der Waals surface area contributed by atoms with Crippen molar-refractivity contribution in [2.75, 3.05) is 11.9 Å². The van der Waals surface area contributed by atoms with E-state index in [1.807, 2.05) is 24.0 Å². The number of hydrogen-bond acceptors (Lipinski definition) is 2. The SMILES string of the molecule is CCc1cccc(C)c1NC(=O)CCN(C(C)=O)C1CCCCCC1. The largest absolute Gasteiger partial charge is 0.339 e. The minimum absolute atomic E-state index is 0.0103. The molecule has 2 rings (SSSR count). The predicted octanol–water partition coefficient (Wildman–Crippen LogP) is 4.46. The highest BCUT2D eigenvalue weighted by atomic mass is 16.2. The Balaban J connectivity index is 1.96. The molecule has 1 aromatic carbocycles. The van der Waals surface area contributed by atoms with Crippen molar-refractivity contribution in [2.45, 2.75) is 78.2 Å². The molecule has 1 N–H and O–H groups in total. The van der Waals surface area contributed by atoms with Crippen LogP contribution in [0.15, 0.2) is 18.2 Å². The number of anilines is 1. The second-order valence-corrected chi connectivity index (χ2v) is 7.12. The first-order valence-electron chi connectivity index (χ1n) is 9.68. The van der Waals surface area contributed by atoms with Crippen LogP contribution in [0.3, 0.4) is 0 Å². The molecule has 1 aliphatic carbocycles. The van der Waals surface area contributed by atoms with Crippen LogP contribution in [0.2, 0.25) is 0 Å². The summed E-state index contributed by atoms with van der Waals surface area (Å²) in [6.45, 7) is 6.24. The summed E-state index contributed by atoms with van der Waals surface area (Å²) in [6, 6.07) is 6.39. The number of rotatable bonds is 6. The number of carbonyl (C=O) groups is 2. The Labute approximate surface area is 152 Å². The van der Waals surface area contributed by atoms with E-state index < -0.39 is 0 Å². The lowest BCUT2D eigenvalue weighted by Crippen LogP contribution is -2.40. The number of hydrogen-bond donors (Lipinski definition) is 1. The lowest BCUT2D eigenvalue weighted by atomic mass is 10.1. The van der Waals surface area contributed by atoms with E-state index in [9.17, 15) is 9.59 Å². The Morgan fingerprint density at radius 3 is 2.44 bits per heavy atom. The Kier molecular flexibility index (Phi) is 7.48. The van der Waals surface area contributed by atoms with Gasteiger partial charge in [0, 0.05) is 31.6 Å². The highest BCUT2D eigenvalue weighted by Gasteiger charge is 2.23. The maximum atomic E-state index is 12.5. The maximum Gasteiger partial charge on any atom is 0.226 e. The second-order valence-electron chi connectivity index (χ2n) is 7.12. The molecule has 0 bridgehead atoms. The standard InChI is InChI=1S/C21H32N2O2/c1-4-18-11-9-10-16(2)21(18)22-20(25)14-15-23(17(3)24)19-12-7-5-6-8-13-19/h9-11,19H,4-8,12-15H2,1-3H3,(H,22,25). The third kappa shape index (κ3) is 5.58. The van der Waals surface area contributed by atoms with Crippen molar-refractivity contribution in [1.82, 2.24) is 4.90 Å². The lowest BCUT2D eigenvalue weighted by Gasteiger charge is -2.30. The molecule has 1 saturated carbocycles. The average Bonchev–Trinajstić information content (AvgIpc) is 2.86. The van der Waals surface area contributed by atoms with Crippen LogP contribution in [0, 0.1) is 6.92 Å². The van der Waals surface area contributed by atoms with Crippen molar-refractivity contribution in [1.29, 1.82) is 0 Å². The van der Waals surface area contributed by atoms with Gasteiger partial charge in [-0.15, -0.1) is 0 Å². The fourth-order valence-corrected chi connectivity index (χ4v) is 3.79. The molecule has 0 aliphatic heterocycles.